The van der Waals surface area contributed by atoms with E-state index in [1.807, 2.05) is 42.5 Å². The van der Waals surface area contributed by atoms with Crippen molar-refractivity contribution >= 4 is 28.5 Å². The molecule has 0 bridgehead atoms. The zero-order valence-corrected chi connectivity index (χ0v) is 14.9. The molecule has 0 saturated heterocycles. The van der Waals surface area contributed by atoms with Crippen LogP contribution in [0.1, 0.15) is 15.9 Å². The summed E-state index contributed by atoms with van der Waals surface area (Å²) >= 11 is 6.17. The van der Waals surface area contributed by atoms with Gasteiger partial charge in [0.1, 0.15) is 6.33 Å². The van der Waals surface area contributed by atoms with E-state index in [1.54, 1.807) is 17.1 Å². The minimum absolute atomic E-state index is 0.209. The Morgan fingerprint density at radius 1 is 1.04 bits per heavy atom. The van der Waals surface area contributed by atoms with E-state index >= 15 is 0 Å². The molecule has 0 atom stereocenters. The minimum atomic E-state index is -0.342. The molecule has 1 N–H and O–H groups in total. The van der Waals surface area contributed by atoms with Gasteiger partial charge in [-0.25, -0.2) is 9.66 Å². The smallest absolute Gasteiger partial charge is 0.271 e. The molecule has 0 aliphatic rings. The van der Waals surface area contributed by atoms with Gasteiger partial charge in [0.25, 0.3) is 11.5 Å². The first-order valence-electron chi connectivity index (χ1n) is 8.29. The summed E-state index contributed by atoms with van der Waals surface area (Å²) in [6.07, 6.45) is 3.07. The lowest BCUT2D eigenvalue weighted by atomic mass is 10.2. The van der Waals surface area contributed by atoms with Crippen molar-refractivity contribution in [2.45, 2.75) is 6.54 Å². The number of rotatable bonds is 4. The molecule has 4 rings (SSSR count). The predicted octanol–water partition coefficient (Wildman–Crippen LogP) is 3.28. The van der Waals surface area contributed by atoms with Crippen molar-refractivity contribution in [3.8, 4) is 0 Å². The lowest BCUT2D eigenvalue weighted by Gasteiger charge is -2.11. The number of halogens is 1. The monoisotopic (exact) mass is 378 g/mol. The summed E-state index contributed by atoms with van der Waals surface area (Å²) in [7, 11) is 0. The Kier molecular flexibility index (Phi) is 4.48. The molecule has 134 valence electrons. The Hall–Kier alpha value is -3.38. The predicted molar refractivity (Wildman–Crippen MR) is 105 cm³/mol. The van der Waals surface area contributed by atoms with Gasteiger partial charge < -0.3 is 4.57 Å². The topological polar surface area (TPSA) is 68.9 Å². The third-order valence-electron chi connectivity index (χ3n) is 4.22. The number of amides is 1. The van der Waals surface area contributed by atoms with Crippen LogP contribution in [0.2, 0.25) is 5.02 Å². The molecule has 27 heavy (non-hydrogen) atoms. The van der Waals surface area contributed by atoms with Crippen LogP contribution >= 0.6 is 11.6 Å². The molecule has 4 aromatic rings. The summed E-state index contributed by atoms with van der Waals surface area (Å²) in [4.78, 5) is 29.1. The maximum Gasteiger partial charge on any atom is 0.271 e. The highest BCUT2D eigenvalue weighted by Gasteiger charge is 2.11. The van der Waals surface area contributed by atoms with Gasteiger partial charge in [-0.1, -0.05) is 41.9 Å². The van der Waals surface area contributed by atoms with Crippen molar-refractivity contribution in [2.24, 2.45) is 0 Å². The van der Waals surface area contributed by atoms with Gasteiger partial charge in [0.15, 0.2) is 0 Å². The summed E-state index contributed by atoms with van der Waals surface area (Å²) in [5, 5.41) is 0.573. The first-order chi connectivity index (χ1) is 13.1. The Bertz CT molecular complexity index is 1200. The molecule has 0 unspecified atom stereocenters. The Labute approximate surface area is 159 Å². The number of nitrogens with one attached hydrogen (secondary N) is 1. The zero-order valence-electron chi connectivity index (χ0n) is 14.2. The fourth-order valence-electron chi connectivity index (χ4n) is 2.82. The van der Waals surface area contributed by atoms with E-state index in [2.05, 4.69) is 10.4 Å². The number of para-hydroxylation sites is 2. The molecule has 0 aliphatic carbocycles. The molecule has 0 fully saturated rings. The van der Waals surface area contributed by atoms with E-state index in [-0.39, 0.29) is 18.0 Å². The Balaban J connectivity index is 1.61. The van der Waals surface area contributed by atoms with Gasteiger partial charge >= 0.3 is 0 Å². The van der Waals surface area contributed by atoms with Crippen LogP contribution in [-0.4, -0.2) is 20.1 Å². The second-order valence-corrected chi connectivity index (χ2v) is 6.43. The van der Waals surface area contributed by atoms with Crippen LogP contribution in [0.4, 0.5) is 0 Å². The highest BCUT2D eigenvalue weighted by molar-refractivity contribution is 6.31. The third kappa shape index (κ3) is 3.47. The van der Waals surface area contributed by atoms with Crippen molar-refractivity contribution in [1.29, 1.82) is 0 Å². The van der Waals surface area contributed by atoms with Crippen molar-refractivity contribution in [2.75, 3.05) is 5.43 Å². The lowest BCUT2D eigenvalue weighted by molar-refractivity contribution is 0.101. The molecule has 0 saturated carbocycles. The number of fused-ring (bicyclic) bond motifs is 1. The van der Waals surface area contributed by atoms with Crippen LogP contribution in [0.15, 0.2) is 78.0 Å². The van der Waals surface area contributed by atoms with Crippen LogP contribution in [-0.2, 0) is 6.54 Å². The number of pyridine rings is 1. The SMILES string of the molecule is O=C(Nn1cnc2ccccc21)c1ccc(=O)n(Cc2ccccc2Cl)c1. The molecule has 0 aliphatic heterocycles. The summed E-state index contributed by atoms with van der Waals surface area (Å²) in [6.45, 7) is 0.285. The van der Waals surface area contributed by atoms with E-state index < -0.39 is 0 Å². The quantitative estimate of drug-likeness (QED) is 0.592. The van der Waals surface area contributed by atoms with Crippen LogP contribution in [0, 0.1) is 0 Å². The standard InChI is InChI=1S/C20H15ClN4O2/c21-16-6-2-1-5-14(16)11-24-12-15(9-10-19(24)26)20(27)23-25-13-22-17-7-3-4-8-18(17)25/h1-10,12-13H,11H2,(H,23,27). The van der Waals surface area contributed by atoms with Crippen molar-refractivity contribution in [3.63, 3.8) is 0 Å². The number of carbonyl (C=O) groups is 1. The molecule has 0 radical (unpaired) electrons. The number of nitrogens with zero attached hydrogens (tertiary/aromatic N) is 3. The normalized spacial score (nSPS) is 10.9. The number of aromatic nitrogens is 3. The number of benzene rings is 2. The molecular weight excluding hydrogens is 364 g/mol. The number of hydrogen-bond donors (Lipinski definition) is 1. The van der Waals surface area contributed by atoms with E-state index in [9.17, 15) is 9.59 Å². The molecule has 0 spiro atoms. The second-order valence-electron chi connectivity index (χ2n) is 6.02. The van der Waals surface area contributed by atoms with Gasteiger partial charge in [-0.2, -0.15) is 0 Å². The van der Waals surface area contributed by atoms with Crippen molar-refractivity contribution < 1.29 is 4.79 Å². The number of hydrogen-bond acceptors (Lipinski definition) is 3. The first kappa shape index (κ1) is 17.1. The second kappa shape index (κ2) is 7.09. The average molecular weight is 379 g/mol. The highest BCUT2D eigenvalue weighted by Crippen LogP contribution is 2.16. The van der Waals surface area contributed by atoms with E-state index in [4.69, 9.17) is 11.6 Å². The maximum absolute atomic E-state index is 12.6. The van der Waals surface area contributed by atoms with Crippen LogP contribution in [0.25, 0.3) is 11.0 Å². The summed E-state index contributed by atoms with van der Waals surface area (Å²) in [5.74, 6) is -0.342. The van der Waals surface area contributed by atoms with Gasteiger partial charge in [0.2, 0.25) is 0 Å². The molecule has 6 nitrogen and oxygen atoms in total. The third-order valence-corrected chi connectivity index (χ3v) is 4.59. The number of carbonyl (C=O) groups excluding carboxylic acids is 1. The highest BCUT2D eigenvalue weighted by atomic mass is 35.5. The Morgan fingerprint density at radius 3 is 2.67 bits per heavy atom. The molecule has 1 amide bonds. The average Bonchev–Trinajstić information content (AvgIpc) is 3.08. The van der Waals surface area contributed by atoms with Gasteiger partial charge in [0, 0.05) is 17.3 Å². The maximum atomic E-state index is 12.6. The van der Waals surface area contributed by atoms with Gasteiger partial charge in [-0.05, 0) is 29.8 Å². The Morgan fingerprint density at radius 2 is 1.81 bits per heavy atom. The van der Waals surface area contributed by atoms with E-state index in [1.165, 1.54) is 22.9 Å². The molecule has 7 heteroatoms. The number of imidazole rings is 1. The lowest BCUT2D eigenvalue weighted by Crippen LogP contribution is -2.26. The fourth-order valence-corrected chi connectivity index (χ4v) is 3.02. The molecule has 2 aromatic carbocycles. The van der Waals surface area contributed by atoms with Gasteiger partial charge in [-0.3, -0.25) is 15.0 Å². The fraction of sp³-hybridized carbons (Fsp3) is 0.0500. The van der Waals surface area contributed by atoms with E-state index in [0.29, 0.717) is 10.6 Å². The molecule has 2 heterocycles. The first-order valence-corrected chi connectivity index (χ1v) is 8.67. The molecular formula is C20H15ClN4O2. The molecule has 2 aromatic heterocycles. The summed E-state index contributed by atoms with van der Waals surface area (Å²) in [5.41, 5.74) is 5.30. The van der Waals surface area contributed by atoms with Crippen molar-refractivity contribution in [3.05, 3.63) is 99.7 Å². The zero-order chi connectivity index (χ0) is 18.8. The van der Waals surface area contributed by atoms with Crippen LogP contribution in [0.5, 0.6) is 0 Å². The van der Waals surface area contributed by atoms with Crippen LogP contribution in [0.3, 0.4) is 0 Å². The van der Waals surface area contributed by atoms with E-state index in [0.717, 1.165) is 16.6 Å². The van der Waals surface area contributed by atoms with Gasteiger partial charge in [0.05, 0.1) is 23.1 Å². The summed E-state index contributed by atoms with van der Waals surface area (Å²) in [6, 6.07) is 17.6. The van der Waals surface area contributed by atoms with Crippen LogP contribution < -0.4 is 11.0 Å². The van der Waals surface area contributed by atoms with Gasteiger partial charge in [-0.15, -0.1) is 0 Å². The summed E-state index contributed by atoms with van der Waals surface area (Å²) < 4.78 is 3.02. The van der Waals surface area contributed by atoms with Crippen molar-refractivity contribution in [1.82, 2.24) is 14.2 Å². The largest absolute Gasteiger partial charge is 0.310 e. The minimum Gasteiger partial charge on any atom is -0.310 e.